The lowest BCUT2D eigenvalue weighted by molar-refractivity contribution is -0.181. The zero-order valence-corrected chi connectivity index (χ0v) is 11.9. The van der Waals surface area contributed by atoms with Gasteiger partial charge in [-0.15, -0.1) is 0 Å². The van der Waals surface area contributed by atoms with E-state index < -0.39 is 5.97 Å². The van der Waals surface area contributed by atoms with Crippen molar-refractivity contribution in [2.45, 2.75) is 6.92 Å². The molecule has 0 spiro atoms. The van der Waals surface area contributed by atoms with Crippen LogP contribution >= 0.6 is 0 Å². The molecule has 0 fully saturated rings. The number of nitrogens with zero attached hydrogens (tertiary/aromatic N) is 2. The molecule has 112 valence electrons. The van der Waals surface area contributed by atoms with Gasteiger partial charge in [0.25, 0.3) is 0 Å². The molecule has 1 N–H and O–H groups in total. The van der Waals surface area contributed by atoms with Crippen LogP contribution in [-0.4, -0.2) is 21.9 Å². The van der Waals surface area contributed by atoms with Crippen LogP contribution in [0.15, 0.2) is 48.8 Å². The Kier molecular flexibility index (Phi) is 3.74. The topological polar surface area (TPSA) is 55.6 Å². The molecule has 0 aliphatic heterocycles. The lowest BCUT2D eigenvalue weighted by atomic mass is 10.0. The van der Waals surface area contributed by atoms with Gasteiger partial charge in [0, 0.05) is 10.7 Å². The van der Waals surface area contributed by atoms with Gasteiger partial charge in [-0.3, -0.25) is 4.94 Å². The van der Waals surface area contributed by atoms with Crippen LogP contribution in [0, 0.1) is 6.92 Å². The zero-order chi connectivity index (χ0) is 15.5. The number of rotatable bonds is 4. The number of pyridine rings is 1. The minimum absolute atomic E-state index is 0.273. The largest absolute Gasteiger partial charge is 0.367 e. The SMILES string of the molecule is Cc1ccccc1-c1ccc2nc(NCC(=O)OF)cn2c1. The van der Waals surface area contributed by atoms with Crippen LogP contribution in [0.4, 0.5) is 10.3 Å². The molecule has 22 heavy (non-hydrogen) atoms. The number of benzene rings is 1. The van der Waals surface area contributed by atoms with E-state index in [1.165, 1.54) is 5.56 Å². The smallest absolute Gasteiger partial charge is 0.358 e. The average molecular weight is 299 g/mol. The van der Waals surface area contributed by atoms with Crippen molar-refractivity contribution >= 4 is 17.4 Å². The summed E-state index contributed by atoms with van der Waals surface area (Å²) in [6, 6.07) is 12.0. The number of anilines is 1. The summed E-state index contributed by atoms with van der Waals surface area (Å²) in [5.74, 6) is -0.509. The molecule has 6 heteroatoms. The summed E-state index contributed by atoms with van der Waals surface area (Å²) in [4.78, 5) is 18.2. The highest BCUT2D eigenvalue weighted by Crippen LogP contribution is 2.24. The molecule has 2 aromatic heterocycles. The predicted molar refractivity (Wildman–Crippen MR) is 81.1 cm³/mol. The molecule has 0 amide bonds. The third-order valence-electron chi connectivity index (χ3n) is 3.41. The van der Waals surface area contributed by atoms with Crippen LogP contribution in [0.5, 0.6) is 0 Å². The number of fused-ring (bicyclic) bond motifs is 1. The number of imidazole rings is 1. The quantitative estimate of drug-likeness (QED) is 0.804. The summed E-state index contributed by atoms with van der Waals surface area (Å²) in [5, 5.41) is 2.71. The number of aromatic nitrogens is 2. The number of hydrogen-bond donors (Lipinski definition) is 1. The van der Waals surface area contributed by atoms with Crippen molar-refractivity contribution < 1.29 is 14.3 Å². The number of carbonyl (C=O) groups is 1. The fraction of sp³-hybridized carbons (Fsp3) is 0.125. The highest BCUT2D eigenvalue weighted by atomic mass is 19.3. The van der Waals surface area contributed by atoms with E-state index >= 15 is 0 Å². The molecule has 0 aliphatic carbocycles. The number of nitrogens with one attached hydrogen (secondary N) is 1. The maximum absolute atomic E-state index is 11.7. The molecule has 0 atom stereocenters. The Hall–Kier alpha value is -2.89. The molecule has 2 heterocycles. The summed E-state index contributed by atoms with van der Waals surface area (Å²) >= 11 is 0. The molecule has 0 unspecified atom stereocenters. The molecular formula is C16H14FN3O2. The number of halogens is 1. The van der Waals surface area contributed by atoms with Crippen molar-refractivity contribution in [2.75, 3.05) is 11.9 Å². The van der Waals surface area contributed by atoms with Crippen molar-refractivity contribution in [1.29, 1.82) is 0 Å². The van der Waals surface area contributed by atoms with E-state index in [9.17, 15) is 9.32 Å². The van der Waals surface area contributed by atoms with E-state index in [2.05, 4.69) is 34.3 Å². The van der Waals surface area contributed by atoms with Crippen molar-refractivity contribution in [2.24, 2.45) is 0 Å². The van der Waals surface area contributed by atoms with Crippen molar-refractivity contribution in [3.63, 3.8) is 0 Å². The Bertz CT molecular complexity index is 829. The first-order valence-electron chi connectivity index (χ1n) is 6.77. The van der Waals surface area contributed by atoms with Gasteiger partial charge in [0.05, 0.1) is 6.20 Å². The maximum Gasteiger partial charge on any atom is 0.367 e. The first-order chi connectivity index (χ1) is 10.7. The van der Waals surface area contributed by atoms with Gasteiger partial charge in [-0.1, -0.05) is 24.3 Å². The van der Waals surface area contributed by atoms with Crippen LogP contribution in [-0.2, 0) is 9.74 Å². The van der Waals surface area contributed by atoms with E-state index in [1.807, 2.05) is 34.9 Å². The molecule has 0 radical (unpaired) electrons. The van der Waals surface area contributed by atoms with Crippen molar-refractivity contribution in [3.05, 3.63) is 54.4 Å². The second-order valence-corrected chi connectivity index (χ2v) is 4.93. The standard InChI is InChI=1S/C16H14FN3O2/c1-11-4-2-3-5-13(11)12-6-7-15-19-14(10-20(15)9-12)18-8-16(21)22-17/h2-7,9-10,18H,8H2,1H3. The fourth-order valence-corrected chi connectivity index (χ4v) is 2.32. The van der Waals surface area contributed by atoms with E-state index in [0.717, 1.165) is 16.8 Å². The molecule has 0 bridgehead atoms. The van der Waals surface area contributed by atoms with E-state index in [1.54, 1.807) is 6.20 Å². The van der Waals surface area contributed by atoms with Crippen molar-refractivity contribution in [1.82, 2.24) is 9.38 Å². The van der Waals surface area contributed by atoms with E-state index in [4.69, 9.17) is 0 Å². The fourth-order valence-electron chi connectivity index (χ4n) is 2.32. The molecule has 1 aromatic carbocycles. The predicted octanol–water partition coefficient (Wildman–Crippen LogP) is 3.15. The zero-order valence-electron chi connectivity index (χ0n) is 11.9. The van der Waals surface area contributed by atoms with Gasteiger partial charge in [0.2, 0.25) is 0 Å². The van der Waals surface area contributed by atoms with Gasteiger partial charge in [0.1, 0.15) is 18.0 Å². The molecule has 3 aromatic rings. The highest BCUT2D eigenvalue weighted by molar-refractivity contribution is 5.74. The number of hydrogen-bond acceptors (Lipinski definition) is 4. The van der Waals surface area contributed by atoms with Gasteiger partial charge in [-0.05, 0) is 35.7 Å². The second kappa shape index (κ2) is 5.85. The van der Waals surface area contributed by atoms with E-state index in [-0.39, 0.29) is 6.54 Å². The Morgan fingerprint density at radius 3 is 2.86 bits per heavy atom. The van der Waals surface area contributed by atoms with Gasteiger partial charge < -0.3 is 9.72 Å². The maximum atomic E-state index is 11.7. The normalized spacial score (nSPS) is 10.6. The van der Waals surface area contributed by atoms with E-state index in [0.29, 0.717) is 5.82 Å². The third-order valence-corrected chi connectivity index (χ3v) is 3.41. The summed E-state index contributed by atoms with van der Waals surface area (Å²) in [6.07, 6.45) is 3.70. The molecule has 0 saturated carbocycles. The summed E-state index contributed by atoms with van der Waals surface area (Å²) in [6.45, 7) is 1.79. The number of carbonyl (C=O) groups excluding carboxylic acids is 1. The summed E-state index contributed by atoms with van der Waals surface area (Å²) in [7, 11) is 0. The molecular weight excluding hydrogens is 285 g/mol. The molecule has 0 saturated heterocycles. The van der Waals surface area contributed by atoms with Crippen LogP contribution in [0.25, 0.3) is 16.8 Å². The van der Waals surface area contributed by atoms with Crippen LogP contribution in [0.1, 0.15) is 5.56 Å². The van der Waals surface area contributed by atoms with Gasteiger partial charge >= 0.3 is 5.97 Å². The lowest BCUT2D eigenvalue weighted by Crippen LogP contribution is -2.13. The first kappa shape index (κ1) is 14.1. The van der Waals surface area contributed by atoms with Crippen LogP contribution < -0.4 is 5.32 Å². The minimum atomic E-state index is -0.988. The second-order valence-electron chi connectivity index (χ2n) is 4.93. The first-order valence-corrected chi connectivity index (χ1v) is 6.77. The monoisotopic (exact) mass is 299 g/mol. The Labute approximate surface area is 126 Å². The lowest BCUT2D eigenvalue weighted by Gasteiger charge is -2.05. The summed E-state index contributed by atoms with van der Waals surface area (Å²) in [5.41, 5.74) is 4.13. The Balaban J connectivity index is 1.90. The van der Waals surface area contributed by atoms with Crippen LogP contribution in [0.2, 0.25) is 0 Å². The van der Waals surface area contributed by atoms with Crippen molar-refractivity contribution in [3.8, 4) is 11.1 Å². The summed E-state index contributed by atoms with van der Waals surface area (Å²) < 4.78 is 13.5. The molecule has 5 nitrogen and oxygen atoms in total. The Morgan fingerprint density at radius 2 is 2.09 bits per heavy atom. The third kappa shape index (κ3) is 2.76. The van der Waals surface area contributed by atoms with Gasteiger partial charge in [-0.25, -0.2) is 9.78 Å². The van der Waals surface area contributed by atoms with Gasteiger partial charge in [-0.2, -0.15) is 0 Å². The molecule has 3 rings (SSSR count). The number of aryl methyl sites for hydroxylation is 1. The highest BCUT2D eigenvalue weighted by Gasteiger charge is 2.07. The molecule has 0 aliphatic rings. The van der Waals surface area contributed by atoms with Crippen LogP contribution in [0.3, 0.4) is 0 Å². The minimum Gasteiger partial charge on any atom is -0.358 e. The van der Waals surface area contributed by atoms with Gasteiger partial charge in [0.15, 0.2) is 0 Å². The average Bonchev–Trinajstić information content (AvgIpc) is 2.95. The Morgan fingerprint density at radius 1 is 1.27 bits per heavy atom.